The van der Waals surface area contributed by atoms with Gasteiger partial charge in [0.25, 0.3) is 5.91 Å². The molecule has 1 aliphatic heterocycles. The molecule has 3 rings (SSSR count). The van der Waals surface area contributed by atoms with Crippen LogP contribution in [0.5, 0.6) is 0 Å². The van der Waals surface area contributed by atoms with Crippen molar-refractivity contribution >= 4 is 23.5 Å². The Kier molecular flexibility index (Phi) is 5.27. The van der Waals surface area contributed by atoms with Crippen molar-refractivity contribution in [2.24, 2.45) is 0 Å². The minimum atomic E-state index is -4.62. The third kappa shape index (κ3) is 3.98. The lowest BCUT2D eigenvalue weighted by molar-refractivity contribution is -0.138. The Hall–Kier alpha value is -3.43. The molecule has 1 saturated heterocycles. The van der Waals surface area contributed by atoms with E-state index in [2.05, 4.69) is 10.6 Å². The van der Waals surface area contributed by atoms with Crippen LogP contribution >= 0.6 is 0 Å². The molecule has 1 fully saturated rings. The number of rotatable bonds is 4. The highest BCUT2D eigenvalue weighted by molar-refractivity contribution is 6.10. The first-order valence-corrected chi connectivity index (χ1v) is 8.79. The van der Waals surface area contributed by atoms with E-state index in [0.717, 1.165) is 24.3 Å². The van der Waals surface area contributed by atoms with Crippen molar-refractivity contribution in [2.75, 3.05) is 11.9 Å². The zero-order valence-corrected chi connectivity index (χ0v) is 15.9. The van der Waals surface area contributed by atoms with Gasteiger partial charge < -0.3 is 10.6 Å². The predicted octanol–water partition coefficient (Wildman–Crippen LogP) is 3.56. The summed E-state index contributed by atoms with van der Waals surface area (Å²) in [6, 6.07) is 7.10. The third-order valence-corrected chi connectivity index (χ3v) is 4.80. The van der Waals surface area contributed by atoms with Crippen LogP contribution in [-0.4, -0.2) is 29.3 Å². The van der Waals surface area contributed by atoms with E-state index < -0.39 is 47.5 Å². The van der Waals surface area contributed by atoms with E-state index in [0.29, 0.717) is 10.5 Å². The summed E-state index contributed by atoms with van der Waals surface area (Å²) in [4.78, 5) is 37.9. The number of nitrogens with one attached hydrogen (secondary N) is 2. The fraction of sp³-hybridized carbons (Fsp3) is 0.250. The van der Waals surface area contributed by atoms with Gasteiger partial charge in [0, 0.05) is 5.69 Å². The standard InChI is InChI=1S/C20H17F4N3O3/c1-11-6-7-14(9-15(11)21)25-16(28)10-27-17(29)19(2,26-18(27)30)12-4-3-5-13(8-12)20(22,23)24/h3-9H,10H2,1-2H3,(H,25,28)(H,26,30)/t19-/m0/s1. The van der Waals surface area contributed by atoms with Gasteiger partial charge in [-0.2, -0.15) is 13.2 Å². The van der Waals surface area contributed by atoms with Gasteiger partial charge in [0.1, 0.15) is 17.9 Å². The Morgan fingerprint density at radius 1 is 1.17 bits per heavy atom. The van der Waals surface area contributed by atoms with Gasteiger partial charge in [0.15, 0.2) is 0 Å². The number of carbonyl (C=O) groups is 3. The summed E-state index contributed by atoms with van der Waals surface area (Å²) < 4.78 is 52.6. The molecule has 1 atom stereocenters. The van der Waals surface area contributed by atoms with Crippen molar-refractivity contribution in [1.82, 2.24) is 10.2 Å². The Labute approximate surface area is 168 Å². The summed E-state index contributed by atoms with van der Waals surface area (Å²) in [7, 11) is 0. The SMILES string of the molecule is Cc1ccc(NC(=O)CN2C(=O)N[C@@](C)(c3cccc(C(F)(F)F)c3)C2=O)cc1F. The van der Waals surface area contributed by atoms with E-state index in [1.165, 1.54) is 25.1 Å². The summed E-state index contributed by atoms with van der Waals surface area (Å²) in [5.41, 5.74) is -2.30. The highest BCUT2D eigenvalue weighted by Gasteiger charge is 2.50. The number of nitrogens with zero attached hydrogens (tertiary/aromatic N) is 1. The van der Waals surface area contributed by atoms with Crippen LogP contribution in [0.4, 0.5) is 28.0 Å². The molecule has 2 aromatic carbocycles. The van der Waals surface area contributed by atoms with Crippen LogP contribution in [0.15, 0.2) is 42.5 Å². The van der Waals surface area contributed by atoms with Gasteiger partial charge in [-0.25, -0.2) is 9.18 Å². The minimum Gasteiger partial charge on any atom is -0.324 e. The average molecular weight is 423 g/mol. The van der Waals surface area contributed by atoms with Crippen LogP contribution in [0.1, 0.15) is 23.6 Å². The first kappa shape index (κ1) is 21.3. The second-order valence-corrected chi connectivity index (χ2v) is 7.04. The van der Waals surface area contributed by atoms with Crippen LogP contribution in [0.3, 0.4) is 0 Å². The van der Waals surface area contributed by atoms with Crippen LogP contribution in [0, 0.1) is 12.7 Å². The van der Waals surface area contributed by atoms with Crippen LogP contribution in [-0.2, 0) is 21.3 Å². The summed E-state index contributed by atoms with van der Waals surface area (Å²) in [6.45, 7) is 2.12. The molecule has 0 unspecified atom stereocenters. The van der Waals surface area contributed by atoms with Crippen molar-refractivity contribution in [1.29, 1.82) is 0 Å². The lowest BCUT2D eigenvalue weighted by Gasteiger charge is -2.23. The summed E-state index contributed by atoms with van der Waals surface area (Å²) in [5, 5.41) is 4.71. The number of hydrogen-bond donors (Lipinski definition) is 2. The van der Waals surface area contributed by atoms with Crippen molar-refractivity contribution in [3.8, 4) is 0 Å². The molecule has 2 aromatic rings. The molecule has 30 heavy (non-hydrogen) atoms. The lowest BCUT2D eigenvalue weighted by Crippen LogP contribution is -2.42. The zero-order chi connectivity index (χ0) is 22.3. The molecule has 0 radical (unpaired) electrons. The maximum atomic E-state index is 13.6. The normalized spacial score (nSPS) is 19.1. The molecule has 0 bridgehead atoms. The minimum absolute atomic E-state index is 0.0702. The van der Waals surface area contributed by atoms with E-state index in [-0.39, 0.29) is 11.3 Å². The molecule has 1 heterocycles. The number of aryl methyl sites for hydroxylation is 1. The largest absolute Gasteiger partial charge is 0.416 e. The van der Waals surface area contributed by atoms with Gasteiger partial charge in [-0.3, -0.25) is 14.5 Å². The van der Waals surface area contributed by atoms with E-state index in [1.54, 1.807) is 6.92 Å². The molecular formula is C20H17F4N3O3. The second kappa shape index (κ2) is 7.43. The van der Waals surface area contributed by atoms with Gasteiger partial charge in [0.05, 0.1) is 5.56 Å². The predicted molar refractivity (Wildman–Crippen MR) is 98.8 cm³/mol. The molecule has 0 spiro atoms. The number of anilines is 1. The average Bonchev–Trinajstić information content (AvgIpc) is 2.88. The molecular weight excluding hydrogens is 406 g/mol. The molecule has 10 heteroatoms. The van der Waals surface area contributed by atoms with Crippen molar-refractivity contribution < 1.29 is 31.9 Å². The Balaban J connectivity index is 1.78. The van der Waals surface area contributed by atoms with E-state index in [1.807, 2.05) is 0 Å². The van der Waals surface area contributed by atoms with Crippen molar-refractivity contribution in [2.45, 2.75) is 25.6 Å². The summed E-state index contributed by atoms with van der Waals surface area (Å²) >= 11 is 0. The van der Waals surface area contributed by atoms with E-state index >= 15 is 0 Å². The third-order valence-electron chi connectivity index (χ3n) is 4.80. The monoisotopic (exact) mass is 423 g/mol. The Morgan fingerprint density at radius 2 is 1.87 bits per heavy atom. The van der Waals surface area contributed by atoms with Crippen LogP contribution in [0.2, 0.25) is 0 Å². The number of benzene rings is 2. The number of urea groups is 1. The maximum Gasteiger partial charge on any atom is 0.416 e. The molecule has 158 valence electrons. The first-order chi connectivity index (χ1) is 13.9. The lowest BCUT2D eigenvalue weighted by atomic mass is 9.90. The fourth-order valence-electron chi connectivity index (χ4n) is 3.06. The highest BCUT2D eigenvalue weighted by atomic mass is 19.4. The Morgan fingerprint density at radius 3 is 2.50 bits per heavy atom. The smallest absolute Gasteiger partial charge is 0.324 e. The van der Waals surface area contributed by atoms with E-state index in [4.69, 9.17) is 0 Å². The molecule has 0 aromatic heterocycles. The Bertz CT molecular complexity index is 1040. The quantitative estimate of drug-likeness (QED) is 0.583. The topological polar surface area (TPSA) is 78.5 Å². The number of amides is 4. The van der Waals surface area contributed by atoms with Gasteiger partial charge in [0.2, 0.25) is 5.91 Å². The maximum absolute atomic E-state index is 13.6. The highest BCUT2D eigenvalue weighted by Crippen LogP contribution is 2.34. The molecule has 2 N–H and O–H groups in total. The first-order valence-electron chi connectivity index (χ1n) is 8.79. The van der Waals surface area contributed by atoms with Crippen molar-refractivity contribution in [3.63, 3.8) is 0 Å². The van der Waals surface area contributed by atoms with E-state index in [9.17, 15) is 31.9 Å². The van der Waals surface area contributed by atoms with Crippen LogP contribution < -0.4 is 10.6 Å². The summed E-state index contributed by atoms with van der Waals surface area (Å²) in [5.74, 6) is -2.19. The summed E-state index contributed by atoms with van der Waals surface area (Å²) in [6.07, 6.45) is -4.62. The zero-order valence-electron chi connectivity index (χ0n) is 15.9. The molecule has 6 nitrogen and oxygen atoms in total. The van der Waals surface area contributed by atoms with Crippen molar-refractivity contribution in [3.05, 3.63) is 65.0 Å². The molecule has 0 saturated carbocycles. The van der Waals surface area contributed by atoms with Gasteiger partial charge >= 0.3 is 12.2 Å². The number of hydrogen-bond acceptors (Lipinski definition) is 3. The number of imide groups is 1. The second-order valence-electron chi connectivity index (χ2n) is 7.04. The van der Waals surface area contributed by atoms with Gasteiger partial charge in [-0.05, 0) is 49.2 Å². The number of carbonyl (C=O) groups excluding carboxylic acids is 3. The molecule has 0 aliphatic carbocycles. The van der Waals surface area contributed by atoms with Gasteiger partial charge in [-0.15, -0.1) is 0 Å². The molecule has 1 aliphatic rings. The number of halogens is 4. The molecule has 4 amide bonds. The van der Waals surface area contributed by atoms with Gasteiger partial charge in [-0.1, -0.05) is 18.2 Å². The van der Waals surface area contributed by atoms with Crippen LogP contribution in [0.25, 0.3) is 0 Å². The fourth-order valence-corrected chi connectivity index (χ4v) is 3.06. The number of alkyl halides is 3.